The van der Waals surface area contributed by atoms with Crippen LogP contribution in [0, 0.1) is 24.7 Å². The molecule has 1 N–H and O–H groups in total. The van der Waals surface area contributed by atoms with Crippen LogP contribution in [0.4, 0.5) is 0 Å². The molecule has 20 heavy (non-hydrogen) atoms. The maximum Gasteiger partial charge on any atom is 0.348 e. The molecule has 0 amide bonds. The zero-order valence-electron chi connectivity index (χ0n) is 12.9. The molecular formula is C15H22N2O3. The third-order valence-electron chi connectivity index (χ3n) is 5.23. The molecule has 0 aliphatic heterocycles. The molecule has 0 atom stereocenters. The first-order chi connectivity index (χ1) is 9.01. The van der Waals surface area contributed by atoms with Crippen molar-refractivity contribution in [2.45, 2.75) is 54.0 Å². The lowest BCUT2D eigenvalue weighted by Gasteiger charge is -2.16. The molecule has 1 fully saturated rings. The van der Waals surface area contributed by atoms with Gasteiger partial charge in [-0.2, -0.15) is 4.98 Å². The first kappa shape index (κ1) is 14.8. The molecule has 0 radical (unpaired) electrons. The molecule has 5 nitrogen and oxygen atoms in total. The molecule has 0 unspecified atom stereocenters. The summed E-state index contributed by atoms with van der Waals surface area (Å²) in [6, 6.07) is 0.0585. The number of aromatic nitrogens is 2. The summed E-state index contributed by atoms with van der Waals surface area (Å²) in [5.74, 6) is -0.905. The van der Waals surface area contributed by atoms with Crippen molar-refractivity contribution < 1.29 is 9.90 Å². The van der Waals surface area contributed by atoms with Gasteiger partial charge in [-0.15, -0.1) is 0 Å². The van der Waals surface area contributed by atoms with E-state index < -0.39 is 5.97 Å². The Kier molecular flexibility index (Phi) is 3.08. The standard InChI is InChI=1S/C15H22N2O3/c1-8-10(7-11(18)19)9(2)17(13(20)16-8)12-14(3,4)15(12,5)6/h12H,7H2,1-6H3,(H,18,19). The Bertz CT molecular complexity index is 627. The number of rotatable bonds is 3. The summed E-state index contributed by atoms with van der Waals surface area (Å²) in [6.45, 7) is 12.0. The summed E-state index contributed by atoms with van der Waals surface area (Å²) < 4.78 is 1.69. The van der Waals surface area contributed by atoms with Crippen molar-refractivity contribution in [1.82, 2.24) is 9.55 Å². The van der Waals surface area contributed by atoms with E-state index in [1.54, 1.807) is 11.5 Å². The van der Waals surface area contributed by atoms with E-state index in [9.17, 15) is 9.59 Å². The predicted molar refractivity (Wildman–Crippen MR) is 75.9 cm³/mol. The number of nitrogens with zero attached hydrogens (tertiary/aromatic N) is 2. The first-order valence-electron chi connectivity index (χ1n) is 6.82. The average molecular weight is 278 g/mol. The van der Waals surface area contributed by atoms with Crippen LogP contribution in [-0.2, 0) is 11.2 Å². The van der Waals surface area contributed by atoms with Crippen molar-refractivity contribution >= 4 is 5.97 Å². The van der Waals surface area contributed by atoms with Crippen molar-refractivity contribution in [1.29, 1.82) is 0 Å². The second-order valence-corrected chi connectivity index (χ2v) is 6.83. The Morgan fingerprint density at radius 1 is 1.25 bits per heavy atom. The van der Waals surface area contributed by atoms with Gasteiger partial charge in [0, 0.05) is 23.0 Å². The highest BCUT2D eigenvalue weighted by atomic mass is 16.4. The van der Waals surface area contributed by atoms with Crippen molar-refractivity contribution in [3.8, 4) is 0 Å². The van der Waals surface area contributed by atoms with Gasteiger partial charge in [0.1, 0.15) is 0 Å². The Hall–Kier alpha value is -1.65. The van der Waals surface area contributed by atoms with E-state index in [4.69, 9.17) is 5.11 Å². The molecule has 5 heteroatoms. The Labute approximate surface area is 118 Å². The summed E-state index contributed by atoms with van der Waals surface area (Å²) in [6.07, 6.45) is -0.0987. The summed E-state index contributed by atoms with van der Waals surface area (Å²) in [7, 11) is 0. The summed E-state index contributed by atoms with van der Waals surface area (Å²) >= 11 is 0. The molecular weight excluding hydrogens is 256 g/mol. The maximum absolute atomic E-state index is 12.3. The van der Waals surface area contributed by atoms with Crippen LogP contribution >= 0.6 is 0 Å². The van der Waals surface area contributed by atoms with Gasteiger partial charge >= 0.3 is 11.7 Å². The fourth-order valence-corrected chi connectivity index (χ4v) is 3.33. The fourth-order valence-electron chi connectivity index (χ4n) is 3.33. The maximum atomic E-state index is 12.3. The zero-order valence-corrected chi connectivity index (χ0v) is 12.9. The van der Waals surface area contributed by atoms with E-state index in [1.165, 1.54) is 0 Å². The van der Waals surface area contributed by atoms with Gasteiger partial charge in [-0.3, -0.25) is 9.36 Å². The third-order valence-corrected chi connectivity index (χ3v) is 5.23. The van der Waals surface area contributed by atoms with Gasteiger partial charge in [-0.05, 0) is 24.7 Å². The van der Waals surface area contributed by atoms with Crippen LogP contribution in [0.2, 0.25) is 0 Å². The van der Waals surface area contributed by atoms with Crippen LogP contribution in [0.25, 0.3) is 0 Å². The lowest BCUT2D eigenvalue weighted by atomic mass is 10.0. The van der Waals surface area contributed by atoms with Crippen LogP contribution in [0.3, 0.4) is 0 Å². The SMILES string of the molecule is Cc1nc(=O)n(C2C(C)(C)C2(C)C)c(C)c1CC(=O)O. The molecule has 2 rings (SSSR count). The van der Waals surface area contributed by atoms with Crippen molar-refractivity contribution in [3.05, 3.63) is 27.4 Å². The largest absolute Gasteiger partial charge is 0.481 e. The van der Waals surface area contributed by atoms with E-state index in [-0.39, 0.29) is 29.0 Å². The Morgan fingerprint density at radius 3 is 2.15 bits per heavy atom. The number of carboxylic acid groups (broad SMARTS) is 1. The number of hydrogen-bond acceptors (Lipinski definition) is 3. The summed E-state index contributed by atoms with van der Waals surface area (Å²) in [5.41, 5.74) is 1.61. The smallest absolute Gasteiger partial charge is 0.348 e. The van der Waals surface area contributed by atoms with Gasteiger partial charge in [-0.25, -0.2) is 4.79 Å². The lowest BCUT2D eigenvalue weighted by molar-refractivity contribution is -0.136. The molecule has 0 spiro atoms. The Balaban J connectivity index is 2.62. The van der Waals surface area contributed by atoms with E-state index >= 15 is 0 Å². The van der Waals surface area contributed by atoms with Gasteiger partial charge in [0.05, 0.1) is 6.42 Å². The van der Waals surface area contributed by atoms with Crippen LogP contribution in [0.5, 0.6) is 0 Å². The van der Waals surface area contributed by atoms with Gasteiger partial charge in [0.15, 0.2) is 0 Å². The molecule has 0 aromatic carbocycles. The van der Waals surface area contributed by atoms with E-state index in [0.29, 0.717) is 11.3 Å². The normalized spacial score (nSPS) is 19.9. The van der Waals surface area contributed by atoms with Gasteiger partial charge in [0.25, 0.3) is 0 Å². The van der Waals surface area contributed by atoms with Crippen LogP contribution in [0.1, 0.15) is 50.7 Å². The molecule has 110 valence electrons. The van der Waals surface area contributed by atoms with E-state index in [0.717, 1.165) is 5.69 Å². The van der Waals surface area contributed by atoms with E-state index in [1.807, 2.05) is 6.92 Å². The molecule has 0 saturated heterocycles. The Morgan fingerprint density at radius 2 is 1.75 bits per heavy atom. The highest BCUT2D eigenvalue weighted by molar-refractivity contribution is 5.70. The molecule has 0 bridgehead atoms. The predicted octanol–water partition coefficient (Wildman–Crippen LogP) is 2.09. The molecule has 1 heterocycles. The monoisotopic (exact) mass is 278 g/mol. The highest BCUT2D eigenvalue weighted by Crippen LogP contribution is 2.71. The number of aliphatic carboxylic acids is 1. The molecule has 1 aromatic heterocycles. The lowest BCUT2D eigenvalue weighted by Crippen LogP contribution is -2.29. The number of hydrogen-bond donors (Lipinski definition) is 1. The molecule has 1 aromatic rings. The van der Waals surface area contributed by atoms with Crippen LogP contribution in [-0.4, -0.2) is 20.6 Å². The molecule has 1 aliphatic carbocycles. The van der Waals surface area contributed by atoms with Crippen molar-refractivity contribution in [2.24, 2.45) is 10.8 Å². The van der Waals surface area contributed by atoms with Gasteiger partial charge in [-0.1, -0.05) is 27.7 Å². The summed E-state index contributed by atoms with van der Waals surface area (Å²) in [5, 5.41) is 9.02. The first-order valence-corrected chi connectivity index (χ1v) is 6.82. The minimum Gasteiger partial charge on any atom is -0.481 e. The fraction of sp³-hybridized carbons (Fsp3) is 0.667. The average Bonchev–Trinajstić information content (AvgIpc) is 2.67. The molecule has 1 aliphatic rings. The number of aryl methyl sites for hydroxylation is 1. The second-order valence-electron chi connectivity index (χ2n) is 6.83. The second kappa shape index (κ2) is 4.17. The quantitative estimate of drug-likeness (QED) is 0.919. The highest BCUT2D eigenvalue weighted by Gasteiger charge is 2.66. The molecule has 1 saturated carbocycles. The van der Waals surface area contributed by atoms with Crippen LogP contribution in [0.15, 0.2) is 4.79 Å². The third kappa shape index (κ3) is 1.87. The number of carboxylic acids is 1. The van der Waals surface area contributed by atoms with Crippen molar-refractivity contribution in [2.75, 3.05) is 0 Å². The van der Waals surface area contributed by atoms with Gasteiger partial charge in [0.2, 0.25) is 0 Å². The zero-order chi connectivity index (χ0) is 15.5. The van der Waals surface area contributed by atoms with Gasteiger partial charge < -0.3 is 5.11 Å². The van der Waals surface area contributed by atoms with E-state index in [2.05, 4.69) is 32.7 Å². The minimum absolute atomic E-state index is 0.000974. The summed E-state index contributed by atoms with van der Waals surface area (Å²) in [4.78, 5) is 27.3. The van der Waals surface area contributed by atoms with Crippen molar-refractivity contribution in [3.63, 3.8) is 0 Å². The topological polar surface area (TPSA) is 72.2 Å². The number of carbonyl (C=O) groups is 1. The minimum atomic E-state index is -0.905. The van der Waals surface area contributed by atoms with Crippen LogP contribution < -0.4 is 5.69 Å².